The van der Waals surface area contributed by atoms with E-state index in [9.17, 15) is 4.79 Å². The largest absolute Gasteiger partial charge is 0.497 e. The third-order valence-electron chi connectivity index (χ3n) is 6.69. The van der Waals surface area contributed by atoms with E-state index in [1.165, 1.54) is 5.56 Å². The summed E-state index contributed by atoms with van der Waals surface area (Å²) < 4.78 is 13.4. The third-order valence-corrected chi connectivity index (χ3v) is 6.69. The maximum Gasteiger partial charge on any atom is 0.227 e. The number of aromatic nitrogens is 2. The highest BCUT2D eigenvalue weighted by Gasteiger charge is 2.35. The number of imidazole rings is 1. The number of aryl methyl sites for hydroxylation is 2. The fraction of sp³-hybridized carbons (Fsp3) is 0.310. The molecule has 1 aliphatic heterocycles. The number of amides is 1. The Balaban J connectivity index is 1.33. The zero-order valence-corrected chi connectivity index (χ0v) is 20.3. The van der Waals surface area contributed by atoms with Gasteiger partial charge in [0.1, 0.15) is 17.3 Å². The van der Waals surface area contributed by atoms with E-state index in [0.29, 0.717) is 19.6 Å². The third kappa shape index (κ3) is 4.74. The average Bonchev–Trinajstić information content (AvgIpc) is 3.47. The van der Waals surface area contributed by atoms with E-state index in [0.717, 1.165) is 53.4 Å². The molecule has 1 atom stereocenters. The van der Waals surface area contributed by atoms with E-state index >= 15 is 0 Å². The fourth-order valence-electron chi connectivity index (χ4n) is 4.91. The van der Waals surface area contributed by atoms with Gasteiger partial charge in [-0.05, 0) is 60.9 Å². The first-order chi connectivity index (χ1) is 17.2. The Kier molecular flexibility index (Phi) is 6.70. The van der Waals surface area contributed by atoms with Crippen LogP contribution in [-0.4, -0.2) is 35.7 Å². The van der Waals surface area contributed by atoms with Crippen molar-refractivity contribution in [2.75, 3.05) is 25.2 Å². The van der Waals surface area contributed by atoms with E-state index in [1.54, 1.807) is 7.11 Å². The Morgan fingerprint density at radius 1 is 0.971 bits per heavy atom. The standard InChI is InChI=1S/C29H31N3O3/c1-3-21-9-4-6-11-26(21)32-20-22(19-28(32)33)29-30-25-10-5-7-12-27(25)31(29)17-8-18-35-24-15-13-23(34-2)14-16-24/h4-7,9-16,22H,3,8,17-20H2,1-2H3. The van der Waals surface area contributed by atoms with Crippen molar-refractivity contribution in [2.45, 2.75) is 38.6 Å². The summed E-state index contributed by atoms with van der Waals surface area (Å²) in [5.41, 5.74) is 4.30. The van der Waals surface area contributed by atoms with Gasteiger partial charge in [0.05, 0.1) is 24.8 Å². The van der Waals surface area contributed by atoms with Crippen molar-refractivity contribution >= 4 is 22.6 Å². The molecule has 3 aromatic carbocycles. The SMILES string of the molecule is CCc1ccccc1N1CC(c2nc3ccccc3n2CCCOc2ccc(OC)cc2)CC1=O. The first-order valence-electron chi connectivity index (χ1n) is 12.3. The van der Waals surface area contributed by atoms with Crippen LogP contribution >= 0.6 is 0 Å². The molecule has 5 rings (SSSR count). The molecular weight excluding hydrogens is 438 g/mol. The summed E-state index contributed by atoms with van der Waals surface area (Å²) in [5.74, 6) is 2.85. The molecule has 0 radical (unpaired) electrons. The summed E-state index contributed by atoms with van der Waals surface area (Å²) >= 11 is 0. The van der Waals surface area contributed by atoms with E-state index in [4.69, 9.17) is 14.5 Å². The maximum atomic E-state index is 13.1. The van der Waals surface area contributed by atoms with Gasteiger partial charge in [-0.25, -0.2) is 4.98 Å². The molecule has 1 aromatic heterocycles. The van der Waals surface area contributed by atoms with Crippen LogP contribution in [0, 0.1) is 0 Å². The monoisotopic (exact) mass is 469 g/mol. The van der Waals surface area contributed by atoms with Gasteiger partial charge in [0.25, 0.3) is 0 Å². The number of ether oxygens (including phenoxy) is 2. The summed E-state index contributed by atoms with van der Waals surface area (Å²) in [5, 5.41) is 0. The number of carbonyl (C=O) groups is 1. The molecular formula is C29H31N3O3. The lowest BCUT2D eigenvalue weighted by molar-refractivity contribution is -0.117. The van der Waals surface area contributed by atoms with Gasteiger partial charge in [0.15, 0.2) is 0 Å². The number of benzene rings is 3. The first-order valence-corrected chi connectivity index (χ1v) is 12.3. The topological polar surface area (TPSA) is 56.6 Å². The molecule has 180 valence electrons. The van der Waals surface area contributed by atoms with Crippen LogP contribution in [0.4, 0.5) is 5.69 Å². The highest BCUT2D eigenvalue weighted by atomic mass is 16.5. The normalized spacial score (nSPS) is 15.7. The summed E-state index contributed by atoms with van der Waals surface area (Å²) in [4.78, 5) is 20.0. The van der Waals surface area contributed by atoms with Crippen LogP contribution in [0.15, 0.2) is 72.8 Å². The van der Waals surface area contributed by atoms with Gasteiger partial charge < -0.3 is 18.9 Å². The van der Waals surface area contributed by atoms with Gasteiger partial charge in [-0.3, -0.25) is 4.79 Å². The summed E-state index contributed by atoms with van der Waals surface area (Å²) in [6.45, 7) is 4.16. The van der Waals surface area contributed by atoms with Gasteiger partial charge >= 0.3 is 0 Å². The minimum atomic E-state index is 0.0577. The molecule has 0 N–H and O–H groups in total. The number of rotatable bonds is 9. The second-order valence-electron chi connectivity index (χ2n) is 8.88. The van der Waals surface area contributed by atoms with Gasteiger partial charge in [-0.15, -0.1) is 0 Å². The number of methoxy groups -OCH3 is 1. The number of fused-ring (bicyclic) bond motifs is 1. The molecule has 6 nitrogen and oxygen atoms in total. The van der Waals surface area contributed by atoms with Crippen LogP contribution in [0.25, 0.3) is 11.0 Å². The molecule has 1 fully saturated rings. The van der Waals surface area contributed by atoms with Crippen molar-refractivity contribution in [3.8, 4) is 11.5 Å². The van der Waals surface area contributed by atoms with Crippen LogP contribution in [0.3, 0.4) is 0 Å². The van der Waals surface area contributed by atoms with Gasteiger partial charge in [0, 0.05) is 31.1 Å². The fourth-order valence-corrected chi connectivity index (χ4v) is 4.91. The van der Waals surface area contributed by atoms with Crippen molar-refractivity contribution in [2.24, 2.45) is 0 Å². The van der Waals surface area contributed by atoms with Crippen LogP contribution < -0.4 is 14.4 Å². The minimum Gasteiger partial charge on any atom is -0.497 e. The summed E-state index contributed by atoms with van der Waals surface area (Å²) in [6.07, 6.45) is 2.21. The molecule has 1 saturated heterocycles. The van der Waals surface area contributed by atoms with Crippen LogP contribution in [0.5, 0.6) is 11.5 Å². The second kappa shape index (κ2) is 10.2. The van der Waals surface area contributed by atoms with Crippen molar-refractivity contribution in [1.29, 1.82) is 0 Å². The average molecular weight is 470 g/mol. The Bertz CT molecular complexity index is 1310. The molecule has 4 aromatic rings. The molecule has 1 unspecified atom stereocenters. The number of carbonyl (C=O) groups excluding carboxylic acids is 1. The van der Waals surface area contributed by atoms with Gasteiger partial charge in [0.2, 0.25) is 5.91 Å². The lowest BCUT2D eigenvalue weighted by atomic mass is 10.1. The quantitative estimate of drug-likeness (QED) is 0.300. The zero-order valence-electron chi connectivity index (χ0n) is 20.3. The molecule has 0 aliphatic carbocycles. The number of hydrogen-bond acceptors (Lipinski definition) is 4. The first kappa shape index (κ1) is 23.0. The lowest BCUT2D eigenvalue weighted by Crippen LogP contribution is -2.25. The lowest BCUT2D eigenvalue weighted by Gasteiger charge is -2.20. The predicted molar refractivity (Wildman–Crippen MR) is 138 cm³/mol. The van der Waals surface area contributed by atoms with Crippen molar-refractivity contribution in [1.82, 2.24) is 9.55 Å². The van der Waals surface area contributed by atoms with Gasteiger partial charge in [-0.2, -0.15) is 0 Å². The van der Waals surface area contributed by atoms with E-state index in [-0.39, 0.29) is 11.8 Å². The maximum absolute atomic E-state index is 13.1. The Labute approximate surface area is 206 Å². The molecule has 35 heavy (non-hydrogen) atoms. The van der Waals surface area contributed by atoms with Crippen LogP contribution in [0.1, 0.15) is 37.1 Å². The zero-order chi connectivity index (χ0) is 24.2. The minimum absolute atomic E-state index is 0.0577. The Hall–Kier alpha value is -3.80. The molecule has 1 aliphatic rings. The summed E-state index contributed by atoms with van der Waals surface area (Å²) in [6, 6.07) is 24.1. The van der Waals surface area contributed by atoms with Crippen LogP contribution in [-0.2, 0) is 17.8 Å². The van der Waals surface area contributed by atoms with Gasteiger partial charge in [-0.1, -0.05) is 37.3 Å². The van der Waals surface area contributed by atoms with E-state index in [1.807, 2.05) is 59.5 Å². The number of hydrogen-bond donors (Lipinski definition) is 0. The second-order valence-corrected chi connectivity index (χ2v) is 8.88. The highest BCUT2D eigenvalue weighted by Crippen LogP contribution is 2.35. The molecule has 1 amide bonds. The molecule has 0 bridgehead atoms. The number of anilines is 1. The molecule has 0 saturated carbocycles. The van der Waals surface area contributed by atoms with Crippen LogP contribution in [0.2, 0.25) is 0 Å². The highest BCUT2D eigenvalue weighted by molar-refractivity contribution is 5.97. The van der Waals surface area contributed by atoms with Crippen molar-refractivity contribution in [3.63, 3.8) is 0 Å². The smallest absolute Gasteiger partial charge is 0.227 e. The predicted octanol–water partition coefficient (Wildman–Crippen LogP) is 5.60. The van der Waals surface area contributed by atoms with E-state index < -0.39 is 0 Å². The Morgan fingerprint density at radius 3 is 2.51 bits per heavy atom. The molecule has 6 heteroatoms. The number of nitrogens with zero attached hydrogens (tertiary/aromatic N) is 3. The molecule has 2 heterocycles. The van der Waals surface area contributed by atoms with Crippen molar-refractivity contribution in [3.05, 3.63) is 84.2 Å². The number of para-hydroxylation sites is 3. The Morgan fingerprint density at radius 2 is 1.71 bits per heavy atom. The van der Waals surface area contributed by atoms with Crippen molar-refractivity contribution < 1.29 is 14.3 Å². The molecule has 0 spiro atoms. The summed E-state index contributed by atoms with van der Waals surface area (Å²) in [7, 11) is 1.66. The van der Waals surface area contributed by atoms with E-state index in [2.05, 4.69) is 29.7 Å².